The van der Waals surface area contributed by atoms with Gasteiger partial charge in [-0.05, 0) is 19.9 Å². The summed E-state index contributed by atoms with van der Waals surface area (Å²) in [5, 5.41) is 13.8. The Kier molecular flexibility index (Phi) is 4.26. The number of piperazine rings is 1. The summed E-state index contributed by atoms with van der Waals surface area (Å²) < 4.78 is 39.8. The highest BCUT2D eigenvalue weighted by Gasteiger charge is 2.32. The molecule has 0 radical (unpaired) electrons. The highest BCUT2D eigenvalue weighted by Crippen LogP contribution is 2.24. The number of rotatable bonds is 3. The molecule has 0 amide bonds. The van der Waals surface area contributed by atoms with Crippen LogP contribution < -0.4 is 5.32 Å². The second kappa shape index (κ2) is 5.66. The smallest absolute Gasteiger partial charge is 0.304 e. The molecular weight excluding hydrogens is 301 g/mol. The van der Waals surface area contributed by atoms with Crippen molar-refractivity contribution in [3.8, 4) is 0 Å². The Hall–Kier alpha value is -1.58. The van der Waals surface area contributed by atoms with Crippen LogP contribution in [0.15, 0.2) is 23.1 Å². The van der Waals surface area contributed by atoms with Gasteiger partial charge in [-0.25, -0.2) is 8.42 Å². The average Bonchev–Trinajstić information content (AvgIpc) is 2.36. The molecule has 21 heavy (non-hydrogen) atoms. The Balaban J connectivity index is 2.35. The maximum absolute atomic E-state index is 13.6. The van der Waals surface area contributed by atoms with Gasteiger partial charge < -0.3 is 5.32 Å². The number of hydrogen-bond acceptors (Lipinski definition) is 5. The summed E-state index contributed by atoms with van der Waals surface area (Å²) >= 11 is 0. The van der Waals surface area contributed by atoms with E-state index in [4.69, 9.17) is 0 Å². The van der Waals surface area contributed by atoms with E-state index in [0.29, 0.717) is 6.07 Å². The number of nitrogens with zero attached hydrogens (tertiary/aromatic N) is 2. The van der Waals surface area contributed by atoms with Gasteiger partial charge in [-0.15, -0.1) is 0 Å². The van der Waals surface area contributed by atoms with Crippen molar-refractivity contribution in [3.05, 3.63) is 34.1 Å². The van der Waals surface area contributed by atoms with Crippen LogP contribution >= 0.6 is 0 Å². The quantitative estimate of drug-likeness (QED) is 0.666. The first kappa shape index (κ1) is 15.8. The third kappa shape index (κ3) is 3.20. The molecule has 1 aliphatic heterocycles. The molecule has 7 nitrogen and oxygen atoms in total. The molecule has 1 aromatic carbocycles. The lowest BCUT2D eigenvalue weighted by molar-refractivity contribution is -0.387. The van der Waals surface area contributed by atoms with Crippen LogP contribution in [0.1, 0.15) is 13.8 Å². The van der Waals surface area contributed by atoms with Crippen LogP contribution in [-0.4, -0.2) is 42.8 Å². The summed E-state index contributed by atoms with van der Waals surface area (Å²) in [6, 6.07) is 2.59. The molecule has 1 N–H and O–H groups in total. The molecule has 1 fully saturated rings. The fourth-order valence-corrected chi connectivity index (χ4v) is 4.05. The highest BCUT2D eigenvalue weighted by atomic mass is 32.2. The van der Waals surface area contributed by atoms with E-state index in [0.717, 1.165) is 12.1 Å². The molecule has 0 bridgehead atoms. The topological polar surface area (TPSA) is 92.5 Å². The second-order valence-corrected chi connectivity index (χ2v) is 7.10. The second-order valence-electron chi connectivity index (χ2n) is 5.16. The zero-order chi connectivity index (χ0) is 15.8. The van der Waals surface area contributed by atoms with Crippen molar-refractivity contribution in [1.82, 2.24) is 9.62 Å². The normalized spacial score (nSPS) is 24.0. The van der Waals surface area contributed by atoms with E-state index >= 15 is 0 Å². The van der Waals surface area contributed by atoms with E-state index in [1.54, 1.807) is 0 Å². The zero-order valence-corrected chi connectivity index (χ0v) is 12.4. The van der Waals surface area contributed by atoms with Crippen molar-refractivity contribution >= 4 is 15.7 Å². The first-order valence-electron chi connectivity index (χ1n) is 6.42. The number of sulfonamides is 1. The highest BCUT2D eigenvalue weighted by molar-refractivity contribution is 7.89. The van der Waals surface area contributed by atoms with Crippen LogP contribution in [-0.2, 0) is 10.0 Å². The van der Waals surface area contributed by atoms with Gasteiger partial charge in [0.15, 0.2) is 0 Å². The predicted octanol–water partition coefficient (Wildman–Crippen LogP) is 1.10. The van der Waals surface area contributed by atoms with Gasteiger partial charge >= 0.3 is 5.69 Å². The maximum Gasteiger partial charge on any atom is 0.304 e. The Morgan fingerprint density at radius 2 is 1.90 bits per heavy atom. The van der Waals surface area contributed by atoms with Gasteiger partial charge in [0.2, 0.25) is 15.8 Å². The zero-order valence-electron chi connectivity index (χ0n) is 11.6. The van der Waals surface area contributed by atoms with Crippen LogP contribution in [0.4, 0.5) is 10.1 Å². The Morgan fingerprint density at radius 3 is 2.38 bits per heavy atom. The number of benzene rings is 1. The molecule has 0 spiro atoms. The van der Waals surface area contributed by atoms with Crippen molar-refractivity contribution in [2.45, 2.75) is 30.8 Å². The monoisotopic (exact) mass is 317 g/mol. The van der Waals surface area contributed by atoms with E-state index in [1.165, 1.54) is 4.31 Å². The van der Waals surface area contributed by atoms with E-state index in [9.17, 15) is 22.9 Å². The first-order chi connectivity index (χ1) is 9.71. The van der Waals surface area contributed by atoms with Crippen LogP contribution in [0.25, 0.3) is 0 Å². The molecule has 1 aromatic rings. The van der Waals surface area contributed by atoms with E-state index in [1.807, 2.05) is 13.8 Å². The minimum Gasteiger partial charge on any atom is -0.309 e. The molecule has 2 unspecified atom stereocenters. The molecule has 0 aromatic heterocycles. The van der Waals surface area contributed by atoms with Gasteiger partial charge in [0.1, 0.15) is 0 Å². The lowest BCUT2D eigenvalue weighted by Crippen LogP contribution is -2.55. The van der Waals surface area contributed by atoms with Crippen molar-refractivity contribution in [2.24, 2.45) is 0 Å². The Labute approximate surface area is 122 Å². The summed E-state index contributed by atoms with van der Waals surface area (Å²) in [6.07, 6.45) is 0. The van der Waals surface area contributed by atoms with Gasteiger partial charge in [-0.2, -0.15) is 8.70 Å². The van der Waals surface area contributed by atoms with Crippen molar-refractivity contribution in [1.29, 1.82) is 0 Å². The Bertz CT molecular complexity index is 654. The SMILES string of the molecule is CC1CN(S(=O)(=O)c2ccc([N+](=O)[O-])c(F)c2)CC(C)N1. The molecule has 0 saturated carbocycles. The largest absolute Gasteiger partial charge is 0.309 e. The van der Waals surface area contributed by atoms with Gasteiger partial charge in [-0.1, -0.05) is 0 Å². The average molecular weight is 317 g/mol. The number of halogens is 1. The summed E-state index contributed by atoms with van der Waals surface area (Å²) in [4.78, 5) is 9.41. The molecule has 2 rings (SSSR count). The van der Waals surface area contributed by atoms with Gasteiger partial charge in [0, 0.05) is 37.3 Å². The summed E-state index contributed by atoms with van der Waals surface area (Å²) in [6.45, 7) is 4.25. The summed E-state index contributed by atoms with van der Waals surface area (Å²) in [7, 11) is -3.86. The summed E-state index contributed by atoms with van der Waals surface area (Å²) in [5.74, 6) is -1.16. The molecule has 2 atom stereocenters. The van der Waals surface area contributed by atoms with Crippen LogP contribution in [0.5, 0.6) is 0 Å². The number of nitro benzene ring substituents is 1. The predicted molar refractivity (Wildman–Crippen MR) is 73.9 cm³/mol. The summed E-state index contributed by atoms with van der Waals surface area (Å²) in [5.41, 5.74) is -0.740. The van der Waals surface area contributed by atoms with Crippen molar-refractivity contribution in [3.63, 3.8) is 0 Å². The van der Waals surface area contributed by atoms with Gasteiger partial charge in [0.05, 0.1) is 9.82 Å². The molecule has 1 heterocycles. The minimum absolute atomic E-state index is 0.0218. The first-order valence-corrected chi connectivity index (χ1v) is 7.86. The number of nitro groups is 1. The minimum atomic E-state index is -3.86. The molecule has 1 saturated heterocycles. The number of nitrogens with one attached hydrogen (secondary N) is 1. The third-order valence-corrected chi connectivity index (χ3v) is 5.11. The molecular formula is C12H16FN3O4S. The van der Waals surface area contributed by atoms with Gasteiger partial charge in [0.25, 0.3) is 0 Å². The lowest BCUT2D eigenvalue weighted by Gasteiger charge is -2.35. The Morgan fingerprint density at radius 1 is 1.33 bits per heavy atom. The van der Waals surface area contributed by atoms with Crippen LogP contribution in [0.2, 0.25) is 0 Å². The van der Waals surface area contributed by atoms with E-state index in [2.05, 4.69) is 5.32 Å². The third-order valence-electron chi connectivity index (χ3n) is 3.28. The van der Waals surface area contributed by atoms with Crippen LogP contribution in [0.3, 0.4) is 0 Å². The maximum atomic E-state index is 13.6. The molecule has 9 heteroatoms. The molecule has 1 aliphatic rings. The van der Waals surface area contributed by atoms with Crippen LogP contribution in [0, 0.1) is 15.9 Å². The standard InChI is InChI=1S/C12H16FN3O4S/c1-8-6-15(7-9(2)14-8)21(19,20)10-3-4-12(16(17)18)11(13)5-10/h3-5,8-9,14H,6-7H2,1-2H3. The van der Waals surface area contributed by atoms with E-state index in [-0.39, 0.29) is 30.1 Å². The number of hydrogen-bond donors (Lipinski definition) is 1. The lowest BCUT2D eigenvalue weighted by atomic mass is 10.2. The van der Waals surface area contributed by atoms with Crippen molar-refractivity contribution in [2.75, 3.05) is 13.1 Å². The van der Waals surface area contributed by atoms with E-state index < -0.39 is 26.5 Å². The fraction of sp³-hybridized carbons (Fsp3) is 0.500. The van der Waals surface area contributed by atoms with Gasteiger partial charge in [-0.3, -0.25) is 10.1 Å². The fourth-order valence-electron chi connectivity index (χ4n) is 2.42. The molecule has 116 valence electrons. The molecule has 0 aliphatic carbocycles. The van der Waals surface area contributed by atoms with Crippen molar-refractivity contribution < 1.29 is 17.7 Å².